The van der Waals surface area contributed by atoms with Crippen LogP contribution in [-0.4, -0.2) is 11.0 Å². The number of ether oxygens (including phenoxy) is 1. The van der Waals surface area contributed by atoms with Gasteiger partial charge >= 0.3 is 5.97 Å². The summed E-state index contributed by atoms with van der Waals surface area (Å²) >= 11 is 0. The first-order valence-electron chi connectivity index (χ1n) is 8.07. The molecule has 2 aromatic rings. The molecule has 122 valence electrons. The Morgan fingerprint density at radius 3 is 2.74 bits per heavy atom. The van der Waals surface area contributed by atoms with Gasteiger partial charge in [0.05, 0.1) is 6.20 Å². The minimum Gasteiger partial charge on any atom is -0.456 e. The third-order valence-electron chi connectivity index (χ3n) is 4.27. The zero-order valence-corrected chi connectivity index (χ0v) is 13.0. The largest absolute Gasteiger partial charge is 0.456 e. The van der Waals surface area contributed by atoms with Gasteiger partial charge < -0.3 is 9.15 Å². The minimum absolute atomic E-state index is 0.0324. The summed E-state index contributed by atoms with van der Waals surface area (Å²) < 4.78 is 23.6. The van der Waals surface area contributed by atoms with Crippen molar-refractivity contribution in [3.8, 4) is 11.3 Å². The van der Waals surface area contributed by atoms with Crippen molar-refractivity contribution in [2.45, 2.75) is 45.1 Å². The van der Waals surface area contributed by atoms with E-state index in [1.165, 1.54) is 37.8 Å². The number of carbonyl (C=O) groups excluding carboxylic acids is 1. The van der Waals surface area contributed by atoms with Crippen molar-refractivity contribution in [1.29, 1.82) is 0 Å². The summed E-state index contributed by atoms with van der Waals surface area (Å²) in [7, 11) is 0. The van der Waals surface area contributed by atoms with Crippen molar-refractivity contribution in [3.63, 3.8) is 0 Å². The molecule has 1 fully saturated rings. The molecule has 0 unspecified atom stereocenters. The molecular formula is C18H20FNO3. The highest BCUT2D eigenvalue weighted by Crippen LogP contribution is 2.28. The van der Waals surface area contributed by atoms with Crippen LogP contribution in [0, 0.1) is 11.7 Å². The van der Waals surface area contributed by atoms with Crippen molar-refractivity contribution in [2.75, 3.05) is 0 Å². The summed E-state index contributed by atoms with van der Waals surface area (Å²) in [5.74, 6) is 1.04. The van der Waals surface area contributed by atoms with Crippen LogP contribution < -0.4 is 0 Å². The van der Waals surface area contributed by atoms with Gasteiger partial charge in [0.1, 0.15) is 5.82 Å². The Morgan fingerprint density at radius 2 is 2.00 bits per heavy atom. The highest BCUT2D eigenvalue weighted by molar-refractivity contribution is 5.69. The van der Waals surface area contributed by atoms with E-state index in [1.807, 2.05) is 0 Å². The molecule has 1 aliphatic rings. The molecule has 0 amide bonds. The molecule has 1 aliphatic carbocycles. The van der Waals surface area contributed by atoms with Gasteiger partial charge in [-0.3, -0.25) is 4.79 Å². The van der Waals surface area contributed by atoms with Gasteiger partial charge in [-0.05, 0) is 36.6 Å². The van der Waals surface area contributed by atoms with Crippen LogP contribution in [0.1, 0.15) is 44.4 Å². The number of rotatable bonds is 6. The third kappa shape index (κ3) is 4.41. The number of oxazole rings is 1. The summed E-state index contributed by atoms with van der Waals surface area (Å²) in [5, 5.41) is 0. The van der Waals surface area contributed by atoms with E-state index < -0.39 is 0 Å². The second-order valence-corrected chi connectivity index (χ2v) is 5.97. The minimum atomic E-state index is -0.301. The molecule has 3 rings (SSSR count). The molecule has 0 spiro atoms. The van der Waals surface area contributed by atoms with Crippen molar-refractivity contribution >= 4 is 5.97 Å². The molecule has 0 radical (unpaired) electrons. The molecule has 0 bridgehead atoms. The van der Waals surface area contributed by atoms with E-state index in [0.717, 1.165) is 12.0 Å². The van der Waals surface area contributed by atoms with Gasteiger partial charge in [-0.2, -0.15) is 0 Å². The third-order valence-corrected chi connectivity index (χ3v) is 4.27. The maximum absolute atomic E-state index is 12.9. The SMILES string of the molecule is O=C(CCC1CCCC1)OCc1ncc(-c2ccc(F)cc2)o1. The Hall–Kier alpha value is -2.17. The van der Waals surface area contributed by atoms with Gasteiger partial charge in [0, 0.05) is 12.0 Å². The van der Waals surface area contributed by atoms with Gasteiger partial charge in [0.15, 0.2) is 12.4 Å². The molecule has 5 heteroatoms. The summed E-state index contributed by atoms with van der Waals surface area (Å²) in [6.07, 6.45) is 7.93. The number of carbonyl (C=O) groups is 1. The zero-order chi connectivity index (χ0) is 16.1. The number of esters is 1. The molecule has 0 aliphatic heterocycles. The first-order valence-corrected chi connectivity index (χ1v) is 8.07. The lowest BCUT2D eigenvalue weighted by atomic mass is 10.0. The van der Waals surface area contributed by atoms with Crippen LogP contribution in [0.2, 0.25) is 0 Å². The van der Waals surface area contributed by atoms with E-state index in [9.17, 15) is 9.18 Å². The van der Waals surface area contributed by atoms with Crippen molar-refractivity contribution < 1.29 is 18.3 Å². The second kappa shape index (κ2) is 7.40. The Labute approximate surface area is 134 Å². The van der Waals surface area contributed by atoms with E-state index >= 15 is 0 Å². The molecule has 1 aromatic carbocycles. The summed E-state index contributed by atoms with van der Waals surface area (Å²) in [5.41, 5.74) is 0.734. The van der Waals surface area contributed by atoms with Crippen LogP contribution in [0.25, 0.3) is 11.3 Å². The smallest absolute Gasteiger partial charge is 0.306 e. The van der Waals surface area contributed by atoms with E-state index in [2.05, 4.69) is 4.98 Å². The lowest BCUT2D eigenvalue weighted by Gasteiger charge is -2.07. The fraction of sp³-hybridized carbons (Fsp3) is 0.444. The van der Waals surface area contributed by atoms with Crippen LogP contribution >= 0.6 is 0 Å². The highest BCUT2D eigenvalue weighted by atomic mass is 19.1. The fourth-order valence-corrected chi connectivity index (χ4v) is 2.96. The monoisotopic (exact) mass is 317 g/mol. The molecule has 0 N–H and O–H groups in total. The zero-order valence-electron chi connectivity index (χ0n) is 13.0. The van der Waals surface area contributed by atoms with E-state index in [4.69, 9.17) is 9.15 Å². The number of halogens is 1. The molecule has 23 heavy (non-hydrogen) atoms. The number of benzene rings is 1. The Morgan fingerprint density at radius 1 is 1.26 bits per heavy atom. The standard InChI is InChI=1S/C18H20FNO3/c19-15-8-6-14(7-9-15)16-11-20-17(23-16)12-22-18(21)10-5-13-3-1-2-4-13/h6-9,11,13H,1-5,10,12H2. The Kier molecular flexibility index (Phi) is 5.05. The average Bonchev–Trinajstić information content (AvgIpc) is 3.23. The normalized spacial score (nSPS) is 15.0. The number of aromatic nitrogens is 1. The van der Waals surface area contributed by atoms with Crippen LogP contribution in [0.4, 0.5) is 4.39 Å². The Bertz CT molecular complexity index is 645. The Balaban J connectivity index is 1.47. The topological polar surface area (TPSA) is 52.3 Å². The maximum Gasteiger partial charge on any atom is 0.306 e. The van der Waals surface area contributed by atoms with Crippen LogP contribution in [0.3, 0.4) is 0 Å². The van der Waals surface area contributed by atoms with Crippen molar-refractivity contribution in [1.82, 2.24) is 4.98 Å². The van der Waals surface area contributed by atoms with E-state index in [0.29, 0.717) is 24.0 Å². The van der Waals surface area contributed by atoms with Gasteiger partial charge in [0.2, 0.25) is 5.89 Å². The fourth-order valence-electron chi connectivity index (χ4n) is 2.96. The van der Waals surface area contributed by atoms with E-state index in [1.54, 1.807) is 18.3 Å². The molecular weight excluding hydrogens is 297 g/mol. The summed E-state index contributed by atoms with van der Waals surface area (Å²) in [4.78, 5) is 15.8. The molecule has 1 heterocycles. The van der Waals surface area contributed by atoms with Gasteiger partial charge in [0.25, 0.3) is 0 Å². The molecule has 4 nitrogen and oxygen atoms in total. The number of nitrogens with zero attached hydrogens (tertiary/aromatic N) is 1. The highest BCUT2D eigenvalue weighted by Gasteiger charge is 2.17. The van der Waals surface area contributed by atoms with E-state index in [-0.39, 0.29) is 18.4 Å². The maximum atomic E-state index is 12.9. The predicted molar refractivity (Wildman–Crippen MR) is 82.9 cm³/mol. The van der Waals surface area contributed by atoms with Crippen LogP contribution in [-0.2, 0) is 16.1 Å². The van der Waals surface area contributed by atoms with Crippen molar-refractivity contribution in [2.24, 2.45) is 5.92 Å². The van der Waals surface area contributed by atoms with Gasteiger partial charge in [-0.25, -0.2) is 9.37 Å². The number of hydrogen-bond acceptors (Lipinski definition) is 4. The summed E-state index contributed by atoms with van der Waals surface area (Å²) in [6.45, 7) is 0.0324. The number of hydrogen-bond donors (Lipinski definition) is 0. The lowest BCUT2D eigenvalue weighted by molar-refractivity contribution is -0.146. The van der Waals surface area contributed by atoms with Crippen LogP contribution in [0.5, 0.6) is 0 Å². The summed E-state index contributed by atoms with van der Waals surface area (Å²) in [6, 6.07) is 5.96. The predicted octanol–water partition coefficient (Wildman–Crippen LogP) is 4.49. The molecule has 1 saturated carbocycles. The average molecular weight is 317 g/mol. The van der Waals surface area contributed by atoms with Gasteiger partial charge in [-0.1, -0.05) is 25.7 Å². The molecule has 0 atom stereocenters. The first kappa shape index (κ1) is 15.7. The van der Waals surface area contributed by atoms with Crippen molar-refractivity contribution in [3.05, 3.63) is 42.2 Å². The van der Waals surface area contributed by atoms with Gasteiger partial charge in [-0.15, -0.1) is 0 Å². The molecule has 1 aromatic heterocycles. The lowest BCUT2D eigenvalue weighted by Crippen LogP contribution is -2.07. The second-order valence-electron chi connectivity index (χ2n) is 5.97. The quantitative estimate of drug-likeness (QED) is 0.736. The molecule has 0 saturated heterocycles. The first-order chi connectivity index (χ1) is 11.2. The van der Waals surface area contributed by atoms with Crippen LogP contribution in [0.15, 0.2) is 34.9 Å².